The molecule has 1 aliphatic heterocycles. The smallest absolute Gasteiger partial charge is 0.429 e. The van der Waals surface area contributed by atoms with Gasteiger partial charge in [-0.25, -0.2) is 4.98 Å². The summed E-state index contributed by atoms with van der Waals surface area (Å²) in [5.74, 6) is -1.52. The minimum Gasteiger partial charge on any atom is -0.480 e. The first-order chi connectivity index (χ1) is 18.0. The van der Waals surface area contributed by atoms with Crippen LogP contribution in [0.25, 0.3) is 11.1 Å². The van der Waals surface area contributed by atoms with Crippen molar-refractivity contribution in [1.29, 1.82) is 0 Å². The highest BCUT2D eigenvalue weighted by atomic mass is 35.5. The molecule has 2 aromatic rings. The van der Waals surface area contributed by atoms with Gasteiger partial charge in [0.15, 0.2) is 0 Å². The summed E-state index contributed by atoms with van der Waals surface area (Å²) in [5.41, 5.74) is 13.4. The van der Waals surface area contributed by atoms with Crippen LogP contribution < -0.4 is 16.2 Å². The molecule has 0 amide bonds. The van der Waals surface area contributed by atoms with Crippen molar-refractivity contribution in [2.24, 2.45) is 11.7 Å². The Hall–Kier alpha value is -3.15. The first-order valence-corrected chi connectivity index (χ1v) is 12.5. The van der Waals surface area contributed by atoms with E-state index in [9.17, 15) is 18.0 Å². The van der Waals surface area contributed by atoms with Crippen LogP contribution in [0.3, 0.4) is 0 Å². The van der Waals surface area contributed by atoms with Crippen molar-refractivity contribution in [3.8, 4) is 5.88 Å². The minimum atomic E-state index is -4.78. The SMILES string of the molecule is Nc1nc(O[C@H](c2ccc(Cl)cc2C2=CCCOC2)C(F)(F)F)cc(C2=CCC(C[C@H](N)C(=O)O)CC2)n1. The number of aromatic nitrogens is 2. The lowest BCUT2D eigenvalue weighted by atomic mass is 9.84. The number of hydrogen-bond donors (Lipinski definition) is 3. The minimum absolute atomic E-state index is 0.0794. The highest BCUT2D eigenvalue weighted by Crippen LogP contribution is 2.41. The topological polar surface area (TPSA) is 134 Å². The van der Waals surface area contributed by atoms with Gasteiger partial charge >= 0.3 is 12.1 Å². The van der Waals surface area contributed by atoms with Gasteiger partial charge in [-0.05, 0) is 66.9 Å². The third kappa shape index (κ3) is 6.83. The molecule has 12 heteroatoms. The number of hydrogen-bond acceptors (Lipinski definition) is 7. The maximum Gasteiger partial charge on any atom is 0.429 e. The van der Waals surface area contributed by atoms with Crippen LogP contribution in [-0.2, 0) is 9.53 Å². The lowest BCUT2D eigenvalue weighted by Gasteiger charge is -2.26. The van der Waals surface area contributed by atoms with Crippen LogP contribution in [0.4, 0.5) is 19.1 Å². The van der Waals surface area contributed by atoms with Gasteiger partial charge < -0.3 is 26.0 Å². The van der Waals surface area contributed by atoms with Gasteiger partial charge in [-0.15, -0.1) is 0 Å². The number of benzene rings is 1. The Bertz CT molecular complexity index is 1250. The maximum absolute atomic E-state index is 14.4. The second-order valence-electron chi connectivity index (χ2n) is 9.34. The fourth-order valence-corrected chi connectivity index (χ4v) is 4.84. The molecular formula is C26H28ClF3N4O4. The molecule has 204 valence electrons. The summed E-state index contributed by atoms with van der Waals surface area (Å²) in [4.78, 5) is 19.1. The Kier molecular flexibility index (Phi) is 8.59. The van der Waals surface area contributed by atoms with Crippen molar-refractivity contribution in [3.05, 3.63) is 58.3 Å². The van der Waals surface area contributed by atoms with E-state index in [4.69, 9.17) is 37.6 Å². The molecule has 0 bridgehead atoms. The summed E-state index contributed by atoms with van der Waals surface area (Å²) < 4.78 is 54.0. The standard InChI is InChI=1S/C26H28ClF3N4O4/c27-17-7-8-18(19(11-17)16-2-1-9-37-13-16)23(26(28,29)30)38-22-12-21(33-25(32)34-22)15-5-3-14(4-6-15)10-20(31)24(35)36/h2,5,7-8,11-12,14,20,23H,1,3-4,6,9-10,13,31H2,(H,35,36)(H2,32,33,34)/t14?,20-,23+/m0/s1. The number of carbonyl (C=O) groups is 1. The number of rotatable bonds is 8. The summed E-state index contributed by atoms with van der Waals surface area (Å²) >= 11 is 6.13. The fraction of sp³-hybridized carbons (Fsp3) is 0.423. The van der Waals surface area contributed by atoms with E-state index < -0.39 is 24.3 Å². The highest BCUT2D eigenvalue weighted by Gasteiger charge is 2.45. The zero-order chi connectivity index (χ0) is 27.4. The van der Waals surface area contributed by atoms with E-state index in [1.807, 2.05) is 12.2 Å². The molecule has 0 radical (unpaired) electrons. The molecule has 0 fully saturated rings. The predicted octanol–water partition coefficient (Wildman–Crippen LogP) is 5.18. The van der Waals surface area contributed by atoms with Crippen molar-refractivity contribution in [1.82, 2.24) is 9.97 Å². The number of ether oxygens (including phenoxy) is 2. The number of anilines is 1. The third-order valence-corrected chi connectivity index (χ3v) is 6.80. The molecule has 0 saturated heterocycles. The molecule has 5 N–H and O–H groups in total. The van der Waals surface area contributed by atoms with Crippen LogP contribution in [0.15, 0.2) is 36.4 Å². The molecule has 38 heavy (non-hydrogen) atoms. The summed E-state index contributed by atoms with van der Waals surface area (Å²) in [6.07, 6.45) is -0.760. The van der Waals surface area contributed by atoms with Gasteiger partial charge in [0.2, 0.25) is 17.9 Å². The maximum atomic E-state index is 14.4. The third-order valence-electron chi connectivity index (χ3n) is 6.56. The van der Waals surface area contributed by atoms with E-state index in [1.165, 1.54) is 24.3 Å². The Labute approximate surface area is 222 Å². The molecule has 1 aliphatic carbocycles. The molecule has 3 atom stereocenters. The van der Waals surface area contributed by atoms with Crippen LogP contribution in [0.1, 0.15) is 55.0 Å². The number of alkyl halides is 3. The lowest BCUT2D eigenvalue weighted by Crippen LogP contribution is -2.32. The van der Waals surface area contributed by atoms with E-state index in [-0.39, 0.29) is 34.9 Å². The quantitative estimate of drug-likeness (QED) is 0.408. The Morgan fingerprint density at radius 1 is 1.24 bits per heavy atom. The molecule has 8 nitrogen and oxygen atoms in total. The van der Waals surface area contributed by atoms with Gasteiger partial charge in [-0.1, -0.05) is 29.8 Å². The second-order valence-corrected chi connectivity index (χ2v) is 9.78. The molecular weight excluding hydrogens is 525 g/mol. The number of carboxylic acid groups (broad SMARTS) is 1. The largest absolute Gasteiger partial charge is 0.480 e. The number of aliphatic carboxylic acids is 1. The van der Waals surface area contributed by atoms with Crippen LogP contribution in [0.5, 0.6) is 5.88 Å². The molecule has 4 rings (SSSR count). The number of nitrogens with two attached hydrogens (primary N) is 2. The summed E-state index contributed by atoms with van der Waals surface area (Å²) in [7, 11) is 0. The molecule has 1 unspecified atom stereocenters. The van der Waals surface area contributed by atoms with Gasteiger partial charge in [-0.3, -0.25) is 4.79 Å². The molecule has 0 spiro atoms. The molecule has 0 saturated carbocycles. The van der Waals surface area contributed by atoms with Crippen molar-refractivity contribution < 1.29 is 32.5 Å². The Morgan fingerprint density at radius 2 is 2.03 bits per heavy atom. The van der Waals surface area contributed by atoms with Gasteiger partial charge in [0, 0.05) is 16.7 Å². The van der Waals surface area contributed by atoms with E-state index in [2.05, 4.69) is 9.97 Å². The molecule has 2 aliphatic rings. The Morgan fingerprint density at radius 3 is 2.66 bits per heavy atom. The van der Waals surface area contributed by atoms with Gasteiger partial charge in [0.1, 0.15) is 6.04 Å². The second kappa shape index (κ2) is 11.7. The molecule has 1 aromatic carbocycles. The average Bonchev–Trinajstić information content (AvgIpc) is 2.87. The zero-order valence-corrected chi connectivity index (χ0v) is 21.1. The normalized spacial score (nSPS) is 19.8. The first-order valence-electron chi connectivity index (χ1n) is 12.1. The molecule has 2 heterocycles. The summed E-state index contributed by atoms with van der Waals surface area (Å²) in [6.45, 7) is 0.652. The summed E-state index contributed by atoms with van der Waals surface area (Å²) in [6, 6.07) is 4.54. The van der Waals surface area contributed by atoms with Crippen molar-refractivity contribution in [2.45, 2.75) is 50.4 Å². The predicted molar refractivity (Wildman–Crippen MR) is 136 cm³/mol. The van der Waals surface area contributed by atoms with Gasteiger partial charge in [-0.2, -0.15) is 18.2 Å². The van der Waals surface area contributed by atoms with Gasteiger partial charge in [0.05, 0.1) is 18.9 Å². The number of nitrogen functional groups attached to an aromatic ring is 1. The fourth-order valence-electron chi connectivity index (χ4n) is 4.67. The van der Waals surface area contributed by atoms with E-state index >= 15 is 0 Å². The van der Waals surface area contributed by atoms with Crippen molar-refractivity contribution in [3.63, 3.8) is 0 Å². The van der Waals surface area contributed by atoms with E-state index in [1.54, 1.807) is 0 Å². The number of halogens is 4. The van der Waals surface area contributed by atoms with E-state index in [0.717, 1.165) is 5.57 Å². The van der Waals surface area contributed by atoms with E-state index in [0.29, 0.717) is 55.5 Å². The van der Waals surface area contributed by atoms with Crippen molar-refractivity contribution in [2.75, 3.05) is 18.9 Å². The monoisotopic (exact) mass is 552 g/mol. The van der Waals surface area contributed by atoms with Gasteiger partial charge in [0.25, 0.3) is 0 Å². The van der Waals surface area contributed by atoms with Crippen LogP contribution in [0, 0.1) is 5.92 Å². The average molecular weight is 553 g/mol. The lowest BCUT2D eigenvalue weighted by molar-refractivity contribution is -0.198. The molecule has 1 aromatic heterocycles. The summed E-state index contributed by atoms with van der Waals surface area (Å²) in [5, 5.41) is 9.33. The van der Waals surface area contributed by atoms with Crippen LogP contribution >= 0.6 is 11.6 Å². The number of carboxylic acids is 1. The first kappa shape index (κ1) is 27.9. The Balaban J connectivity index is 1.62. The highest BCUT2D eigenvalue weighted by molar-refractivity contribution is 6.30. The number of allylic oxidation sites excluding steroid dienone is 2. The number of nitrogens with zero attached hydrogens (tertiary/aromatic N) is 2. The zero-order valence-electron chi connectivity index (χ0n) is 20.4. The van der Waals surface area contributed by atoms with Crippen LogP contribution in [0.2, 0.25) is 5.02 Å². The van der Waals surface area contributed by atoms with Crippen LogP contribution in [-0.4, -0.2) is 46.5 Å². The van der Waals surface area contributed by atoms with Crippen molar-refractivity contribution >= 4 is 34.7 Å².